The first-order chi connectivity index (χ1) is 12.8. The fourth-order valence-corrected chi connectivity index (χ4v) is 2.43. The molecule has 2 aromatic rings. The summed E-state index contributed by atoms with van der Waals surface area (Å²) in [6.07, 6.45) is 0. The van der Waals surface area contributed by atoms with Crippen LogP contribution in [0.4, 0.5) is 0 Å². The van der Waals surface area contributed by atoms with Crippen molar-refractivity contribution in [3.63, 3.8) is 0 Å². The zero-order valence-corrected chi connectivity index (χ0v) is 16.2. The molecule has 1 N–H and O–H groups in total. The molecule has 0 radical (unpaired) electrons. The van der Waals surface area contributed by atoms with Crippen LogP contribution in [-0.4, -0.2) is 45.2 Å². The Kier molecular flexibility index (Phi) is 6.86. The van der Waals surface area contributed by atoms with E-state index in [-0.39, 0.29) is 24.5 Å². The van der Waals surface area contributed by atoms with Crippen LogP contribution in [0, 0.1) is 5.92 Å². The van der Waals surface area contributed by atoms with Gasteiger partial charge in [-0.3, -0.25) is 4.79 Å². The number of benzene rings is 1. The third kappa shape index (κ3) is 5.25. The minimum atomic E-state index is -0.720. The molecule has 1 aromatic carbocycles. The molecule has 1 amide bonds. The van der Waals surface area contributed by atoms with E-state index in [0.717, 1.165) is 0 Å². The van der Waals surface area contributed by atoms with Crippen LogP contribution in [0.25, 0.3) is 0 Å². The molecule has 1 unspecified atom stereocenters. The molecule has 0 bridgehead atoms. The van der Waals surface area contributed by atoms with Crippen molar-refractivity contribution >= 4 is 11.9 Å². The summed E-state index contributed by atoms with van der Waals surface area (Å²) in [6, 6.07) is 6.09. The number of nitrogens with zero attached hydrogens (tertiary/aromatic N) is 4. The standard InChI is InChI=1S/C18H25N5O4/c1-11(2)16(18(25)26-5)19-17(24)13-7-6-8-14(9-13)27-10-15-20-21-22-23(15)12(3)4/h6-9,11-12,16H,10H2,1-5H3,(H,19,24). The lowest BCUT2D eigenvalue weighted by molar-refractivity contribution is -0.144. The van der Waals surface area contributed by atoms with E-state index in [2.05, 4.69) is 20.8 Å². The van der Waals surface area contributed by atoms with Gasteiger partial charge in [-0.15, -0.1) is 5.10 Å². The highest BCUT2D eigenvalue weighted by molar-refractivity contribution is 5.97. The highest BCUT2D eigenvalue weighted by atomic mass is 16.5. The van der Waals surface area contributed by atoms with Crippen molar-refractivity contribution in [3.8, 4) is 5.75 Å². The third-order valence-electron chi connectivity index (χ3n) is 3.92. The van der Waals surface area contributed by atoms with Crippen molar-refractivity contribution in [2.45, 2.75) is 46.4 Å². The number of nitrogens with one attached hydrogen (secondary N) is 1. The van der Waals surface area contributed by atoms with Crippen LogP contribution in [-0.2, 0) is 16.1 Å². The van der Waals surface area contributed by atoms with Crippen molar-refractivity contribution in [2.24, 2.45) is 5.92 Å². The minimum Gasteiger partial charge on any atom is -0.486 e. The molecule has 1 aromatic heterocycles. The van der Waals surface area contributed by atoms with Gasteiger partial charge in [0.05, 0.1) is 13.2 Å². The molecule has 27 heavy (non-hydrogen) atoms. The SMILES string of the molecule is COC(=O)C(NC(=O)c1cccc(OCc2nnnn2C(C)C)c1)C(C)C. The highest BCUT2D eigenvalue weighted by Gasteiger charge is 2.25. The number of carbonyl (C=O) groups is 2. The predicted octanol–water partition coefficient (Wildman–Crippen LogP) is 1.76. The number of ether oxygens (including phenoxy) is 2. The lowest BCUT2D eigenvalue weighted by Crippen LogP contribution is -2.45. The minimum absolute atomic E-state index is 0.101. The normalized spacial score (nSPS) is 12.1. The van der Waals surface area contributed by atoms with Crippen molar-refractivity contribution in [2.75, 3.05) is 7.11 Å². The smallest absolute Gasteiger partial charge is 0.328 e. The molecule has 2 rings (SSSR count). The predicted molar refractivity (Wildman–Crippen MR) is 97.1 cm³/mol. The monoisotopic (exact) mass is 375 g/mol. The number of hydrogen-bond donors (Lipinski definition) is 1. The summed E-state index contributed by atoms with van der Waals surface area (Å²) in [5.74, 6) is 0.129. The Labute approximate surface area is 158 Å². The Morgan fingerprint density at radius 2 is 1.96 bits per heavy atom. The maximum absolute atomic E-state index is 12.5. The molecule has 0 fully saturated rings. The fraction of sp³-hybridized carbons (Fsp3) is 0.500. The number of tetrazole rings is 1. The van der Waals surface area contributed by atoms with Gasteiger partial charge >= 0.3 is 5.97 Å². The Morgan fingerprint density at radius 1 is 1.22 bits per heavy atom. The molecule has 1 atom stereocenters. The van der Waals surface area contributed by atoms with Crippen molar-refractivity contribution in [1.29, 1.82) is 0 Å². The van der Waals surface area contributed by atoms with E-state index in [1.54, 1.807) is 28.9 Å². The van der Waals surface area contributed by atoms with Crippen LogP contribution < -0.4 is 10.1 Å². The lowest BCUT2D eigenvalue weighted by atomic mass is 10.0. The van der Waals surface area contributed by atoms with Crippen molar-refractivity contribution in [3.05, 3.63) is 35.7 Å². The third-order valence-corrected chi connectivity index (χ3v) is 3.92. The summed E-state index contributed by atoms with van der Waals surface area (Å²) in [6.45, 7) is 7.78. The molecular weight excluding hydrogens is 350 g/mol. The highest BCUT2D eigenvalue weighted by Crippen LogP contribution is 2.16. The Bertz CT molecular complexity index is 788. The molecule has 0 saturated carbocycles. The van der Waals surface area contributed by atoms with E-state index in [4.69, 9.17) is 9.47 Å². The summed E-state index contributed by atoms with van der Waals surface area (Å²) in [5.41, 5.74) is 0.380. The van der Waals surface area contributed by atoms with Crippen LogP contribution in [0.1, 0.15) is 49.9 Å². The Hall–Kier alpha value is -2.97. The number of rotatable bonds is 8. The molecule has 0 saturated heterocycles. The maximum Gasteiger partial charge on any atom is 0.328 e. The molecule has 9 nitrogen and oxygen atoms in total. The van der Waals surface area contributed by atoms with Crippen LogP contribution in [0.2, 0.25) is 0 Å². The van der Waals surface area contributed by atoms with Crippen LogP contribution >= 0.6 is 0 Å². The summed E-state index contributed by atoms with van der Waals surface area (Å²) in [7, 11) is 1.29. The second-order valence-corrected chi connectivity index (χ2v) is 6.67. The topological polar surface area (TPSA) is 108 Å². The zero-order valence-electron chi connectivity index (χ0n) is 16.2. The van der Waals surface area contributed by atoms with Crippen LogP contribution in [0.15, 0.2) is 24.3 Å². The van der Waals surface area contributed by atoms with Gasteiger partial charge in [0.1, 0.15) is 18.4 Å². The van der Waals surface area contributed by atoms with Crippen LogP contribution in [0.5, 0.6) is 5.75 Å². The summed E-state index contributed by atoms with van der Waals surface area (Å²) in [5, 5.41) is 14.2. The van der Waals surface area contributed by atoms with Gasteiger partial charge in [-0.2, -0.15) is 0 Å². The molecule has 0 aliphatic rings. The molecule has 0 aliphatic heterocycles. The van der Waals surface area contributed by atoms with E-state index in [1.165, 1.54) is 7.11 Å². The van der Waals surface area contributed by atoms with Crippen molar-refractivity contribution < 1.29 is 19.1 Å². The van der Waals surface area contributed by atoms with E-state index in [0.29, 0.717) is 17.1 Å². The van der Waals surface area contributed by atoms with Gasteiger partial charge in [0.25, 0.3) is 5.91 Å². The second kappa shape index (κ2) is 9.11. The van der Waals surface area contributed by atoms with E-state index < -0.39 is 12.0 Å². The van der Waals surface area contributed by atoms with Crippen molar-refractivity contribution in [1.82, 2.24) is 25.5 Å². The number of esters is 1. The van der Waals surface area contributed by atoms with Gasteiger partial charge in [0, 0.05) is 5.56 Å². The lowest BCUT2D eigenvalue weighted by Gasteiger charge is -2.20. The van der Waals surface area contributed by atoms with E-state index >= 15 is 0 Å². The largest absolute Gasteiger partial charge is 0.486 e. The number of methoxy groups -OCH3 is 1. The Balaban J connectivity index is 2.06. The molecule has 9 heteroatoms. The molecule has 0 spiro atoms. The second-order valence-electron chi connectivity index (χ2n) is 6.67. The number of hydrogen-bond acceptors (Lipinski definition) is 7. The van der Waals surface area contributed by atoms with Gasteiger partial charge in [-0.1, -0.05) is 19.9 Å². The maximum atomic E-state index is 12.5. The summed E-state index contributed by atoms with van der Waals surface area (Å²) in [4.78, 5) is 24.3. The first-order valence-electron chi connectivity index (χ1n) is 8.71. The van der Waals surface area contributed by atoms with Crippen LogP contribution in [0.3, 0.4) is 0 Å². The first kappa shape index (κ1) is 20.3. The first-order valence-corrected chi connectivity index (χ1v) is 8.71. The average molecular weight is 375 g/mol. The average Bonchev–Trinajstić information content (AvgIpc) is 3.12. The zero-order chi connectivity index (χ0) is 20.0. The number of carbonyl (C=O) groups excluding carboxylic acids is 2. The quantitative estimate of drug-likeness (QED) is 0.700. The number of amides is 1. The molecular formula is C18H25N5O4. The van der Waals surface area contributed by atoms with Gasteiger partial charge in [0.2, 0.25) is 0 Å². The summed E-state index contributed by atoms with van der Waals surface area (Å²) >= 11 is 0. The fourth-order valence-electron chi connectivity index (χ4n) is 2.43. The van der Waals surface area contributed by atoms with E-state index in [1.807, 2.05) is 27.7 Å². The van der Waals surface area contributed by atoms with E-state index in [9.17, 15) is 9.59 Å². The Morgan fingerprint density at radius 3 is 2.59 bits per heavy atom. The van der Waals surface area contributed by atoms with Gasteiger partial charge in [-0.05, 0) is 48.4 Å². The van der Waals surface area contributed by atoms with Gasteiger partial charge < -0.3 is 14.8 Å². The molecule has 146 valence electrons. The summed E-state index contributed by atoms with van der Waals surface area (Å²) < 4.78 is 12.1. The van der Waals surface area contributed by atoms with Gasteiger partial charge in [0.15, 0.2) is 5.82 Å². The van der Waals surface area contributed by atoms with Gasteiger partial charge in [-0.25, -0.2) is 9.48 Å². The molecule has 1 heterocycles. The number of aromatic nitrogens is 4. The molecule has 0 aliphatic carbocycles.